The molecular formula is C25H25FN2O4. The summed E-state index contributed by atoms with van der Waals surface area (Å²) in [6.07, 6.45) is 0.593. The molecule has 0 saturated heterocycles. The summed E-state index contributed by atoms with van der Waals surface area (Å²) in [4.78, 5) is 16.4. The van der Waals surface area contributed by atoms with Crippen molar-refractivity contribution in [1.82, 2.24) is 4.98 Å². The molecule has 166 valence electrons. The van der Waals surface area contributed by atoms with Gasteiger partial charge in [-0.25, -0.2) is 4.39 Å². The molecule has 3 aromatic rings. The lowest BCUT2D eigenvalue weighted by Gasteiger charge is -2.32. The first-order chi connectivity index (χ1) is 15.0. The Morgan fingerprint density at radius 2 is 1.97 bits per heavy atom. The molecule has 1 aromatic heterocycles. The molecule has 0 bridgehead atoms. The third-order valence-electron chi connectivity index (χ3n) is 5.81. The van der Waals surface area contributed by atoms with E-state index < -0.39 is 17.0 Å². The lowest BCUT2D eigenvalue weighted by atomic mass is 9.71. The fourth-order valence-electron chi connectivity index (χ4n) is 4.19. The molecule has 1 heterocycles. The summed E-state index contributed by atoms with van der Waals surface area (Å²) in [5.41, 5.74) is 1.89. The van der Waals surface area contributed by atoms with Crippen LogP contribution in [0.4, 0.5) is 4.39 Å². The van der Waals surface area contributed by atoms with Crippen molar-refractivity contribution >= 4 is 16.7 Å². The summed E-state index contributed by atoms with van der Waals surface area (Å²) in [6.45, 7) is 7.83. The summed E-state index contributed by atoms with van der Waals surface area (Å²) in [6, 6.07) is 10.2. The maximum absolute atomic E-state index is 14.8. The van der Waals surface area contributed by atoms with Crippen LogP contribution in [0.3, 0.4) is 0 Å². The molecule has 0 amide bonds. The second kappa shape index (κ2) is 7.73. The van der Waals surface area contributed by atoms with Crippen molar-refractivity contribution in [2.45, 2.75) is 45.3 Å². The van der Waals surface area contributed by atoms with Crippen molar-refractivity contribution < 1.29 is 23.8 Å². The highest BCUT2D eigenvalue weighted by Crippen LogP contribution is 2.45. The Morgan fingerprint density at radius 1 is 1.22 bits per heavy atom. The Morgan fingerprint density at radius 3 is 2.66 bits per heavy atom. The number of fused-ring (bicyclic) bond motifs is 4. The molecular weight excluding hydrogens is 411 g/mol. The van der Waals surface area contributed by atoms with E-state index in [1.807, 2.05) is 26.0 Å². The van der Waals surface area contributed by atoms with Crippen LogP contribution in [0.25, 0.3) is 10.9 Å². The van der Waals surface area contributed by atoms with Crippen LogP contribution in [0.5, 0.6) is 5.75 Å². The summed E-state index contributed by atoms with van der Waals surface area (Å²) < 4.78 is 25.9. The molecule has 4 rings (SSSR count). The van der Waals surface area contributed by atoms with E-state index in [4.69, 9.17) is 14.7 Å². The van der Waals surface area contributed by atoms with E-state index in [0.29, 0.717) is 47.6 Å². The number of carbonyl (C=O) groups is 1. The van der Waals surface area contributed by atoms with E-state index in [2.05, 4.69) is 4.98 Å². The normalized spacial score (nSPS) is 14.7. The molecule has 7 heteroatoms. The van der Waals surface area contributed by atoms with Crippen molar-refractivity contribution in [3.63, 3.8) is 0 Å². The Labute approximate surface area is 185 Å². The van der Waals surface area contributed by atoms with Gasteiger partial charge in [-0.05, 0) is 43.7 Å². The zero-order chi connectivity index (χ0) is 23.3. The number of benzene rings is 2. The molecule has 2 aromatic carbocycles. The van der Waals surface area contributed by atoms with Gasteiger partial charge in [-0.2, -0.15) is 5.26 Å². The lowest BCUT2D eigenvalue weighted by Crippen LogP contribution is -2.30. The fraction of sp³-hybridized carbons (Fsp3) is 0.360. The van der Waals surface area contributed by atoms with Crippen molar-refractivity contribution in [3.05, 3.63) is 64.1 Å². The minimum atomic E-state index is -1.18. The lowest BCUT2D eigenvalue weighted by molar-refractivity contribution is -0.176. The number of H-pyrrole nitrogens is 1. The van der Waals surface area contributed by atoms with Crippen LogP contribution in [0.15, 0.2) is 30.3 Å². The second-order valence-electron chi connectivity index (χ2n) is 9.00. The van der Waals surface area contributed by atoms with Crippen LogP contribution in [0.1, 0.15) is 66.9 Å². The third kappa shape index (κ3) is 3.66. The summed E-state index contributed by atoms with van der Waals surface area (Å²) in [7, 11) is 0. The molecule has 0 fully saturated rings. The molecule has 0 unspecified atom stereocenters. The Balaban J connectivity index is 1.66. The van der Waals surface area contributed by atoms with Gasteiger partial charge in [0.25, 0.3) is 0 Å². The number of halogens is 1. The van der Waals surface area contributed by atoms with E-state index in [1.54, 1.807) is 32.0 Å². The van der Waals surface area contributed by atoms with Crippen LogP contribution in [-0.2, 0) is 10.2 Å². The molecule has 0 spiro atoms. The molecule has 1 aliphatic carbocycles. The first-order valence-electron chi connectivity index (χ1n) is 10.5. The zero-order valence-corrected chi connectivity index (χ0v) is 18.5. The number of nitrogens with one attached hydrogen (secondary N) is 1. The van der Waals surface area contributed by atoms with Crippen LogP contribution in [0.2, 0.25) is 0 Å². The van der Waals surface area contributed by atoms with Gasteiger partial charge in [0.1, 0.15) is 11.8 Å². The van der Waals surface area contributed by atoms with Gasteiger partial charge in [-0.3, -0.25) is 4.79 Å². The van der Waals surface area contributed by atoms with Gasteiger partial charge < -0.3 is 19.6 Å². The third-order valence-corrected chi connectivity index (χ3v) is 5.81. The number of rotatable bonds is 6. The van der Waals surface area contributed by atoms with Crippen LogP contribution in [0, 0.1) is 17.1 Å². The summed E-state index contributed by atoms with van der Waals surface area (Å²) in [5, 5.41) is 19.2. The predicted molar refractivity (Wildman–Crippen MR) is 117 cm³/mol. The minimum absolute atomic E-state index is 0.0666. The van der Waals surface area contributed by atoms with Crippen LogP contribution < -0.4 is 4.74 Å². The Hall–Kier alpha value is -3.21. The van der Waals surface area contributed by atoms with Crippen molar-refractivity contribution in [3.8, 4) is 11.8 Å². The first-order valence-corrected chi connectivity index (χ1v) is 10.5. The highest BCUT2D eigenvalue weighted by Gasteiger charge is 2.40. The number of hydrogen-bond donors (Lipinski definition) is 2. The molecule has 0 saturated carbocycles. The van der Waals surface area contributed by atoms with Crippen molar-refractivity contribution in [1.29, 1.82) is 5.26 Å². The number of nitrogens with zero attached hydrogens (tertiary/aromatic N) is 1. The van der Waals surface area contributed by atoms with Gasteiger partial charge in [0.15, 0.2) is 17.4 Å². The van der Waals surface area contributed by atoms with E-state index in [9.17, 15) is 14.3 Å². The van der Waals surface area contributed by atoms with E-state index in [1.165, 1.54) is 6.07 Å². The monoisotopic (exact) mass is 436 g/mol. The highest BCUT2D eigenvalue weighted by molar-refractivity contribution is 6.20. The molecule has 0 atom stereocenters. The highest BCUT2D eigenvalue weighted by atomic mass is 19.1. The minimum Gasteiger partial charge on any atom is -0.493 e. The van der Waals surface area contributed by atoms with Gasteiger partial charge in [0.05, 0.1) is 29.9 Å². The molecule has 0 radical (unpaired) electrons. The number of aromatic nitrogens is 1. The predicted octanol–water partition coefficient (Wildman–Crippen LogP) is 4.56. The first kappa shape index (κ1) is 22.0. The maximum atomic E-state index is 14.8. The summed E-state index contributed by atoms with van der Waals surface area (Å²) in [5.74, 6) is -1.40. The van der Waals surface area contributed by atoms with Gasteiger partial charge in [0, 0.05) is 28.5 Å². The number of ether oxygens (including phenoxy) is 2. The van der Waals surface area contributed by atoms with E-state index >= 15 is 0 Å². The smallest absolute Gasteiger partial charge is 0.195 e. The average molecular weight is 436 g/mol. The number of aromatic amines is 1. The van der Waals surface area contributed by atoms with Crippen molar-refractivity contribution in [2.75, 3.05) is 13.2 Å². The van der Waals surface area contributed by atoms with Gasteiger partial charge in [0.2, 0.25) is 0 Å². The maximum Gasteiger partial charge on any atom is 0.195 e. The van der Waals surface area contributed by atoms with Gasteiger partial charge in [-0.1, -0.05) is 19.9 Å². The largest absolute Gasteiger partial charge is 0.493 e. The number of carbonyl (C=O) groups excluding carboxylic acids is 1. The molecule has 0 aliphatic heterocycles. The molecule has 2 N–H and O–H groups in total. The van der Waals surface area contributed by atoms with Crippen molar-refractivity contribution in [2.24, 2.45) is 0 Å². The quantitative estimate of drug-likeness (QED) is 0.436. The SMILES string of the molecule is CC(C)(O)OCCCOc1ccc2c(c1)C(C)(C)c1[nH]c3c(F)c(C#N)ccc3c1C2=O. The van der Waals surface area contributed by atoms with E-state index in [-0.39, 0.29) is 16.9 Å². The average Bonchev–Trinajstić information content (AvgIpc) is 3.13. The molecule has 32 heavy (non-hydrogen) atoms. The van der Waals surface area contributed by atoms with Gasteiger partial charge in [-0.15, -0.1) is 0 Å². The van der Waals surface area contributed by atoms with Crippen LogP contribution in [-0.4, -0.2) is 34.9 Å². The topological polar surface area (TPSA) is 95.3 Å². The molecule has 1 aliphatic rings. The summed E-state index contributed by atoms with van der Waals surface area (Å²) >= 11 is 0. The number of hydrogen-bond acceptors (Lipinski definition) is 5. The van der Waals surface area contributed by atoms with E-state index in [0.717, 1.165) is 5.56 Å². The number of nitriles is 1. The second-order valence-corrected chi connectivity index (χ2v) is 9.00. The standard InChI is InChI=1S/C25H25FN2O4/c1-24(2)18-12-15(31-10-5-11-32-25(3,4)30)7-9-16(18)22(29)19-17-8-6-14(13-27)20(26)21(17)28-23(19)24/h6-9,12,28,30H,5,10-11H2,1-4H3. The van der Waals surface area contributed by atoms with Gasteiger partial charge >= 0.3 is 0 Å². The number of ketones is 1. The Bertz CT molecular complexity index is 1260. The number of aliphatic hydroxyl groups is 1. The van der Waals surface area contributed by atoms with Crippen LogP contribution >= 0.6 is 0 Å². The Kier molecular flexibility index (Phi) is 5.32. The fourth-order valence-corrected chi connectivity index (χ4v) is 4.19. The molecule has 6 nitrogen and oxygen atoms in total. The zero-order valence-electron chi connectivity index (χ0n) is 18.5.